The Morgan fingerprint density at radius 3 is 2.58 bits per heavy atom. The lowest BCUT2D eigenvalue weighted by atomic mass is 10.2. The highest BCUT2D eigenvalue weighted by molar-refractivity contribution is 6.32. The molecule has 0 aromatic heterocycles. The molecule has 0 unspecified atom stereocenters. The average Bonchev–Trinajstić information content (AvgIpc) is 2.65. The summed E-state index contributed by atoms with van der Waals surface area (Å²) in [5.74, 6) is 0.383. The van der Waals surface area contributed by atoms with E-state index in [-0.39, 0.29) is 13.2 Å². The molecule has 2 aromatic rings. The lowest BCUT2D eigenvalue weighted by Crippen LogP contribution is -2.20. The van der Waals surface area contributed by atoms with E-state index in [9.17, 15) is 9.59 Å². The zero-order valence-corrected chi connectivity index (χ0v) is 14.5. The van der Waals surface area contributed by atoms with E-state index in [4.69, 9.17) is 36.3 Å². The summed E-state index contributed by atoms with van der Waals surface area (Å²) in [5, 5.41) is 0.407. The van der Waals surface area contributed by atoms with E-state index < -0.39 is 11.9 Å². The van der Waals surface area contributed by atoms with E-state index in [1.54, 1.807) is 24.3 Å². The summed E-state index contributed by atoms with van der Waals surface area (Å²) in [6, 6.07) is 9.59. The monoisotopic (exact) mass is 377 g/mol. The normalized spacial score (nSPS) is 12.3. The molecule has 136 valence electrons. The standard InChI is InChI=1S/C18H16ClNO6/c19-14-7-11(8-15-17(14)24-6-5-23-15)9-26-18(22)12-1-3-13(4-2-12)25-10-16(20)21/h1-4,7-8H,5-6,9-10H2,(H2,20,21). The molecule has 0 saturated heterocycles. The van der Waals surface area contributed by atoms with Gasteiger partial charge in [-0.2, -0.15) is 0 Å². The van der Waals surface area contributed by atoms with E-state index in [2.05, 4.69) is 0 Å². The summed E-state index contributed by atoms with van der Waals surface area (Å²) in [6.07, 6.45) is 0. The zero-order chi connectivity index (χ0) is 18.5. The van der Waals surface area contributed by atoms with Gasteiger partial charge in [0.25, 0.3) is 5.91 Å². The second kappa shape index (κ2) is 7.97. The van der Waals surface area contributed by atoms with Crippen LogP contribution in [0.3, 0.4) is 0 Å². The maximum Gasteiger partial charge on any atom is 0.338 e. The van der Waals surface area contributed by atoms with Crippen LogP contribution in [-0.4, -0.2) is 31.7 Å². The zero-order valence-electron chi connectivity index (χ0n) is 13.7. The quantitative estimate of drug-likeness (QED) is 0.776. The van der Waals surface area contributed by atoms with Crippen molar-refractivity contribution < 1.29 is 28.5 Å². The van der Waals surface area contributed by atoms with Crippen LogP contribution in [0.2, 0.25) is 5.02 Å². The minimum atomic E-state index is -0.577. The van der Waals surface area contributed by atoms with E-state index in [1.807, 2.05) is 0 Å². The van der Waals surface area contributed by atoms with E-state index in [0.717, 1.165) is 0 Å². The number of fused-ring (bicyclic) bond motifs is 1. The number of carbonyl (C=O) groups is 2. The maximum atomic E-state index is 12.1. The summed E-state index contributed by atoms with van der Waals surface area (Å²) < 4.78 is 21.4. The van der Waals surface area contributed by atoms with Gasteiger partial charge in [-0.3, -0.25) is 4.79 Å². The van der Waals surface area contributed by atoms with Crippen LogP contribution < -0.4 is 19.9 Å². The first-order chi connectivity index (χ1) is 12.5. The first kappa shape index (κ1) is 17.9. The highest BCUT2D eigenvalue weighted by Crippen LogP contribution is 2.38. The smallest absolute Gasteiger partial charge is 0.338 e. The topological polar surface area (TPSA) is 97.1 Å². The van der Waals surface area contributed by atoms with Crippen LogP contribution in [0.4, 0.5) is 0 Å². The molecule has 0 bridgehead atoms. The van der Waals surface area contributed by atoms with Crippen LogP contribution in [0.5, 0.6) is 17.2 Å². The number of esters is 1. The Labute approximate surface area is 154 Å². The fourth-order valence-electron chi connectivity index (χ4n) is 2.32. The second-order valence-electron chi connectivity index (χ2n) is 5.46. The van der Waals surface area contributed by atoms with Gasteiger partial charge in [-0.15, -0.1) is 0 Å². The number of halogens is 1. The fraction of sp³-hybridized carbons (Fsp3) is 0.222. The van der Waals surface area contributed by atoms with Gasteiger partial charge >= 0.3 is 5.97 Å². The Morgan fingerprint density at radius 1 is 1.12 bits per heavy atom. The summed E-state index contributed by atoms with van der Waals surface area (Å²) in [6.45, 7) is 0.695. The number of carbonyl (C=O) groups excluding carboxylic acids is 2. The Kier molecular flexibility index (Phi) is 5.48. The van der Waals surface area contributed by atoms with Crippen molar-refractivity contribution in [1.82, 2.24) is 0 Å². The Balaban J connectivity index is 1.60. The minimum Gasteiger partial charge on any atom is -0.486 e. The molecule has 0 fully saturated rings. The maximum absolute atomic E-state index is 12.1. The number of benzene rings is 2. The number of ether oxygens (including phenoxy) is 4. The Morgan fingerprint density at radius 2 is 1.85 bits per heavy atom. The van der Waals surface area contributed by atoms with Crippen molar-refractivity contribution in [2.45, 2.75) is 6.61 Å². The van der Waals surface area contributed by atoms with E-state index >= 15 is 0 Å². The van der Waals surface area contributed by atoms with Gasteiger partial charge in [-0.05, 0) is 42.0 Å². The van der Waals surface area contributed by atoms with Gasteiger partial charge in [-0.1, -0.05) is 11.6 Å². The minimum absolute atomic E-state index is 0.0368. The fourth-order valence-corrected chi connectivity index (χ4v) is 2.61. The number of primary amides is 1. The molecule has 7 nitrogen and oxygen atoms in total. The van der Waals surface area contributed by atoms with E-state index in [0.29, 0.717) is 46.6 Å². The van der Waals surface area contributed by atoms with Crippen molar-refractivity contribution in [3.05, 3.63) is 52.5 Å². The predicted molar refractivity (Wildman–Crippen MR) is 92.7 cm³/mol. The highest BCUT2D eigenvalue weighted by atomic mass is 35.5. The molecule has 8 heteroatoms. The average molecular weight is 378 g/mol. The largest absolute Gasteiger partial charge is 0.486 e. The molecule has 1 heterocycles. The summed E-state index contributed by atoms with van der Waals surface area (Å²) >= 11 is 6.16. The summed E-state index contributed by atoms with van der Waals surface area (Å²) in [4.78, 5) is 22.8. The molecule has 1 amide bonds. The van der Waals surface area contributed by atoms with Crippen molar-refractivity contribution in [2.75, 3.05) is 19.8 Å². The molecule has 2 N–H and O–H groups in total. The SMILES string of the molecule is NC(=O)COc1ccc(C(=O)OCc2cc(Cl)c3c(c2)OCCO3)cc1. The summed E-state index contributed by atoms with van der Waals surface area (Å²) in [7, 11) is 0. The van der Waals surface area contributed by atoms with Gasteiger partial charge in [-0.25, -0.2) is 4.79 Å². The first-order valence-corrected chi connectivity index (χ1v) is 8.17. The number of hydrogen-bond donors (Lipinski definition) is 1. The lowest BCUT2D eigenvalue weighted by molar-refractivity contribution is -0.119. The van der Waals surface area contributed by atoms with Gasteiger partial charge in [0.1, 0.15) is 25.6 Å². The van der Waals surface area contributed by atoms with E-state index in [1.165, 1.54) is 12.1 Å². The van der Waals surface area contributed by atoms with Crippen molar-refractivity contribution in [1.29, 1.82) is 0 Å². The van der Waals surface area contributed by atoms with Gasteiger partial charge in [0.2, 0.25) is 0 Å². The molecule has 0 aliphatic carbocycles. The molecule has 0 radical (unpaired) electrons. The third-order valence-electron chi connectivity index (χ3n) is 3.50. The number of nitrogens with two attached hydrogens (primary N) is 1. The van der Waals surface area contributed by atoms with Gasteiger partial charge in [0.15, 0.2) is 18.1 Å². The molecule has 0 saturated carbocycles. The third-order valence-corrected chi connectivity index (χ3v) is 3.78. The number of hydrogen-bond acceptors (Lipinski definition) is 6. The van der Waals surface area contributed by atoms with Gasteiger partial charge in [0.05, 0.1) is 10.6 Å². The van der Waals surface area contributed by atoms with Crippen LogP contribution in [0.15, 0.2) is 36.4 Å². The van der Waals surface area contributed by atoms with Crippen LogP contribution in [0, 0.1) is 0 Å². The van der Waals surface area contributed by atoms with Crippen molar-refractivity contribution in [2.24, 2.45) is 5.73 Å². The Hall–Kier alpha value is -2.93. The van der Waals surface area contributed by atoms with Gasteiger partial charge < -0.3 is 24.7 Å². The molecular weight excluding hydrogens is 362 g/mol. The summed E-state index contributed by atoms with van der Waals surface area (Å²) in [5.41, 5.74) is 6.04. The lowest BCUT2D eigenvalue weighted by Gasteiger charge is -2.20. The van der Waals surface area contributed by atoms with Gasteiger partial charge in [0, 0.05) is 0 Å². The van der Waals surface area contributed by atoms with Crippen LogP contribution in [0.1, 0.15) is 15.9 Å². The van der Waals surface area contributed by atoms with Crippen LogP contribution >= 0.6 is 11.6 Å². The Bertz CT molecular complexity index is 821. The molecule has 26 heavy (non-hydrogen) atoms. The third kappa shape index (κ3) is 4.37. The molecule has 3 rings (SSSR count). The van der Waals surface area contributed by atoms with Crippen molar-refractivity contribution in [3.63, 3.8) is 0 Å². The highest BCUT2D eigenvalue weighted by Gasteiger charge is 2.17. The molecule has 0 atom stereocenters. The molecule has 2 aromatic carbocycles. The van der Waals surface area contributed by atoms with Crippen molar-refractivity contribution in [3.8, 4) is 17.2 Å². The molecule has 1 aliphatic rings. The number of amides is 1. The first-order valence-electron chi connectivity index (χ1n) is 7.79. The van der Waals surface area contributed by atoms with Crippen LogP contribution in [-0.2, 0) is 16.1 Å². The predicted octanol–water partition coefficient (Wildman–Crippen LogP) is 2.33. The second-order valence-corrected chi connectivity index (χ2v) is 5.86. The van der Waals surface area contributed by atoms with Crippen molar-refractivity contribution >= 4 is 23.5 Å². The molecule has 0 spiro atoms. The number of rotatable bonds is 6. The van der Waals surface area contributed by atoms with Crippen LogP contribution in [0.25, 0.3) is 0 Å². The molecule has 1 aliphatic heterocycles. The molecular formula is C18H16ClNO6.